The summed E-state index contributed by atoms with van der Waals surface area (Å²) in [6, 6.07) is 0. The summed E-state index contributed by atoms with van der Waals surface area (Å²) in [6.45, 7) is 8.53. The van der Waals surface area contributed by atoms with Crippen LogP contribution in [-0.4, -0.2) is 28.2 Å². The fraction of sp³-hybridized carbons (Fsp3) is 1.00. The minimum Gasteiger partial charge on any atom is -0.390 e. The van der Waals surface area contributed by atoms with Crippen LogP contribution in [0.3, 0.4) is 0 Å². The molecule has 1 spiro atoms. The van der Waals surface area contributed by atoms with Crippen molar-refractivity contribution < 1.29 is 14.6 Å². The molecule has 3 aliphatic rings. The third kappa shape index (κ3) is 0.964. The van der Waals surface area contributed by atoms with Crippen LogP contribution < -0.4 is 0 Å². The zero-order valence-electron chi connectivity index (χ0n) is 10.7. The summed E-state index contributed by atoms with van der Waals surface area (Å²) in [7, 11) is 0. The van der Waals surface area contributed by atoms with Crippen LogP contribution in [0.15, 0.2) is 0 Å². The Morgan fingerprint density at radius 2 is 1.69 bits per heavy atom. The maximum atomic E-state index is 10.3. The first-order chi connectivity index (χ1) is 7.25. The molecule has 1 aliphatic carbocycles. The van der Waals surface area contributed by atoms with Crippen LogP contribution in [0.2, 0.25) is 0 Å². The molecule has 0 unspecified atom stereocenters. The Balaban J connectivity index is 2.13. The highest BCUT2D eigenvalue weighted by Gasteiger charge is 2.75. The molecule has 92 valence electrons. The molecule has 4 atom stereocenters. The van der Waals surface area contributed by atoms with Crippen molar-refractivity contribution in [3.8, 4) is 0 Å². The molecule has 0 aromatic heterocycles. The summed E-state index contributed by atoms with van der Waals surface area (Å²) in [5.74, 6) is -0.475. The summed E-state index contributed by atoms with van der Waals surface area (Å²) < 4.78 is 12.4. The highest BCUT2D eigenvalue weighted by atomic mass is 16.8. The zero-order chi connectivity index (χ0) is 11.8. The van der Waals surface area contributed by atoms with Gasteiger partial charge in [0, 0.05) is 6.42 Å². The smallest absolute Gasteiger partial charge is 0.167 e. The molecule has 3 fully saturated rings. The maximum Gasteiger partial charge on any atom is 0.167 e. The second-order valence-corrected chi connectivity index (χ2v) is 6.71. The molecule has 3 nitrogen and oxygen atoms in total. The lowest BCUT2D eigenvalue weighted by molar-refractivity contribution is -0.214. The van der Waals surface area contributed by atoms with E-state index >= 15 is 0 Å². The molecule has 2 aliphatic heterocycles. The Bertz CT molecular complexity index is 340. The summed E-state index contributed by atoms with van der Waals surface area (Å²) in [5.41, 5.74) is -0.747. The molecule has 3 heteroatoms. The van der Waals surface area contributed by atoms with Crippen molar-refractivity contribution in [3.63, 3.8) is 0 Å². The highest BCUT2D eigenvalue weighted by Crippen LogP contribution is 2.66. The number of aliphatic hydroxyl groups excluding tert-OH is 1. The van der Waals surface area contributed by atoms with E-state index in [-0.39, 0.29) is 11.0 Å². The monoisotopic (exact) mass is 226 g/mol. The van der Waals surface area contributed by atoms with Gasteiger partial charge in [0.05, 0.1) is 6.10 Å². The van der Waals surface area contributed by atoms with Crippen molar-refractivity contribution in [2.24, 2.45) is 5.41 Å². The number of ether oxygens (including phenoxy) is 2. The van der Waals surface area contributed by atoms with Crippen LogP contribution in [0.4, 0.5) is 0 Å². The van der Waals surface area contributed by atoms with E-state index < -0.39 is 17.5 Å². The first-order valence-corrected chi connectivity index (χ1v) is 6.33. The van der Waals surface area contributed by atoms with Crippen molar-refractivity contribution >= 4 is 0 Å². The largest absolute Gasteiger partial charge is 0.390 e. The molecule has 2 saturated heterocycles. The summed E-state index contributed by atoms with van der Waals surface area (Å²) in [5, 5.41) is 10.3. The van der Waals surface area contributed by atoms with E-state index in [9.17, 15) is 5.11 Å². The van der Waals surface area contributed by atoms with Gasteiger partial charge in [-0.3, -0.25) is 0 Å². The van der Waals surface area contributed by atoms with Gasteiger partial charge in [0.15, 0.2) is 5.79 Å². The number of hydrogen-bond acceptors (Lipinski definition) is 3. The average Bonchev–Trinajstić information content (AvgIpc) is 2.63. The van der Waals surface area contributed by atoms with Crippen LogP contribution in [0.1, 0.15) is 53.4 Å². The predicted molar refractivity (Wildman–Crippen MR) is 60.0 cm³/mol. The van der Waals surface area contributed by atoms with Gasteiger partial charge in [0.1, 0.15) is 11.2 Å². The second kappa shape index (κ2) is 2.65. The van der Waals surface area contributed by atoms with E-state index in [1.165, 1.54) is 0 Å². The molecule has 0 radical (unpaired) electrons. The Labute approximate surface area is 97.1 Å². The van der Waals surface area contributed by atoms with Gasteiger partial charge in [-0.2, -0.15) is 0 Å². The summed E-state index contributed by atoms with van der Waals surface area (Å²) in [4.78, 5) is 0. The number of rotatable bonds is 0. The number of hydrogen-bond donors (Lipinski definition) is 1. The first kappa shape index (κ1) is 11.0. The second-order valence-electron chi connectivity index (χ2n) is 6.71. The molecule has 0 aromatic carbocycles. The van der Waals surface area contributed by atoms with E-state index in [0.29, 0.717) is 0 Å². The molecule has 0 aromatic rings. The fourth-order valence-corrected chi connectivity index (χ4v) is 4.29. The van der Waals surface area contributed by atoms with Gasteiger partial charge in [-0.15, -0.1) is 0 Å². The number of fused-ring (bicyclic) bond motifs is 1. The molecule has 1 saturated carbocycles. The molecule has 0 amide bonds. The van der Waals surface area contributed by atoms with Crippen molar-refractivity contribution in [1.82, 2.24) is 0 Å². The van der Waals surface area contributed by atoms with Crippen LogP contribution in [0, 0.1) is 5.41 Å². The van der Waals surface area contributed by atoms with E-state index in [0.717, 1.165) is 25.7 Å². The standard InChI is InChI=1S/C13H22O3/c1-10(2)6-5-9(14)12(4)13(10)8-7-11(3,15-12)16-13/h9,14H,5-8H2,1-4H3/t9-,11+,12-,13+/m0/s1. The Kier molecular flexibility index (Phi) is 1.82. The first-order valence-electron chi connectivity index (χ1n) is 6.33. The van der Waals surface area contributed by atoms with Crippen LogP contribution in [0.25, 0.3) is 0 Å². The Morgan fingerprint density at radius 1 is 1.00 bits per heavy atom. The highest BCUT2D eigenvalue weighted by molar-refractivity contribution is 5.21. The summed E-state index contributed by atoms with van der Waals surface area (Å²) >= 11 is 0. The van der Waals surface area contributed by atoms with Crippen molar-refractivity contribution in [2.45, 2.75) is 76.5 Å². The molecule has 3 rings (SSSR count). The van der Waals surface area contributed by atoms with E-state index in [4.69, 9.17) is 9.47 Å². The third-order valence-corrected chi connectivity index (χ3v) is 5.32. The topological polar surface area (TPSA) is 38.7 Å². The van der Waals surface area contributed by atoms with Crippen LogP contribution >= 0.6 is 0 Å². The van der Waals surface area contributed by atoms with Gasteiger partial charge in [0.2, 0.25) is 0 Å². The van der Waals surface area contributed by atoms with E-state index in [1.807, 2.05) is 13.8 Å². The quantitative estimate of drug-likeness (QED) is 0.688. The van der Waals surface area contributed by atoms with E-state index in [1.54, 1.807) is 0 Å². The Hall–Kier alpha value is -0.120. The average molecular weight is 226 g/mol. The molecular weight excluding hydrogens is 204 g/mol. The molecular formula is C13H22O3. The molecule has 16 heavy (non-hydrogen) atoms. The zero-order valence-corrected chi connectivity index (χ0v) is 10.7. The molecule has 2 bridgehead atoms. The lowest BCUT2D eigenvalue weighted by Crippen LogP contribution is -2.67. The minimum atomic E-state index is -0.526. The van der Waals surface area contributed by atoms with Gasteiger partial charge in [0.25, 0.3) is 0 Å². The van der Waals surface area contributed by atoms with Gasteiger partial charge in [-0.05, 0) is 38.5 Å². The lowest BCUT2D eigenvalue weighted by atomic mass is 9.56. The van der Waals surface area contributed by atoms with Gasteiger partial charge >= 0.3 is 0 Å². The lowest BCUT2D eigenvalue weighted by Gasteiger charge is -2.56. The van der Waals surface area contributed by atoms with Crippen molar-refractivity contribution in [1.29, 1.82) is 0 Å². The summed E-state index contributed by atoms with van der Waals surface area (Å²) in [6.07, 6.45) is 3.36. The Morgan fingerprint density at radius 3 is 2.25 bits per heavy atom. The molecule has 1 N–H and O–H groups in total. The van der Waals surface area contributed by atoms with Crippen LogP contribution in [0.5, 0.6) is 0 Å². The fourth-order valence-electron chi connectivity index (χ4n) is 4.29. The minimum absolute atomic E-state index is 0.0786. The maximum absolute atomic E-state index is 10.3. The normalized spacial score (nSPS) is 58.7. The SMILES string of the molecule is CC1(C)CC[C@H](O)[C@]2(C)O[C@@]3(C)CC[C@@]12O3. The van der Waals surface area contributed by atoms with E-state index in [2.05, 4.69) is 13.8 Å². The van der Waals surface area contributed by atoms with Gasteiger partial charge in [-0.25, -0.2) is 0 Å². The molecule has 2 heterocycles. The van der Waals surface area contributed by atoms with Gasteiger partial charge < -0.3 is 14.6 Å². The van der Waals surface area contributed by atoms with Crippen molar-refractivity contribution in [2.75, 3.05) is 0 Å². The predicted octanol–water partition coefficient (Wildman–Crippen LogP) is 2.22. The van der Waals surface area contributed by atoms with Crippen LogP contribution in [-0.2, 0) is 9.47 Å². The van der Waals surface area contributed by atoms with Crippen molar-refractivity contribution in [3.05, 3.63) is 0 Å². The number of aliphatic hydroxyl groups is 1. The van der Waals surface area contributed by atoms with Gasteiger partial charge in [-0.1, -0.05) is 13.8 Å². The third-order valence-electron chi connectivity index (χ3n) is 5.32.